The summed E-state index contributed by atoms with van der Waals surface area (Å²) in [6.45, 7) is 5.32. The lowest BCUT2D eigenvalue weighted by Gasteiger charge is -2.11. The third-order valence-corrected chi connectivity index (χ3v) is 2.69. The van der Waals surface area contributed by atoms with E-state index in [2.05, 4.69) is 24.3 Å². The lowest BCUT2D eigenvalue weighted by molar-refractivity contribution is 0.520. The molecule has 1 aromatic heterocycles. The number of nitrogens with one attached hydrogen (secondary N) is 1. The van der Waals surface area contributed by atoms with Gasteiger partial charge in [-0.1, -0.05) is 18.5 Å². The van der Waals surface area contributed by atoms with Crippen molar-refractivity contribution in [1.29, 1.82) is 0 Å². The van der Waals surface area contributed by atoms with Crippen LogP contribution >= 0.6 is 11.6 Å². The SMILES string of the molecule is CCNC(C)CCc1c(Cl)cnn1C. The van der Waals surface area contributed by atoms with Crippen molar-refractivity contribution in [1.82, 2.24) is 15.1 Å². The van der Waals surface area contributed by atoms with Crippen molar-refractivity contribution >= 4 is 11.6 Å². The number of halogens is 1. The molecule has 0 aliphatic heterocycles. The Kier molecular flexibility index (Phi) is 4.42. The minimum absolute atomic E-state index is 0.533. The monoisotopic (exact) mass is 215 g/mol. The Morgan fingerprint density at radius 3 is 2.86 bits per heavy atom. The van der Waals surface area contributed by atoms with Crippen LogP contribution in [0.3, 0.4) is 0 Å². The zero-order valence-corrected chi connectivity index (χ0v) is 9.80. The number of hydrogen-bond donors (Lipinski definition) is 1. The molecule has 0 aliphatic carbocycles. The first kappa shape index (κ1) is 11.5. The molecule has 4 heteroatoms. The molecule has 0 spiro atoms. The summed E-state index contributed by atoms with van der Waals surface area (Å²) >= 11 is 6.00. The lowest BCUT2D eigenvalue weighted by atomic mass is 10.1. The van der Waals surface area contributed by atoms with Gasteiger partial charge < -0.3 is 5.32 Å². The first-order chi connectivity index (χ1) is 6.65. The lowest BCUT2D eigenvalue weighted by Crippen LogP contribution is -2.26. The highest BCUT2D eigenvalue weighted by atomic mass is 35.5. The molecule has 1 rings (SSSR count). The second-order valence-electron chi connectivity index (χ2n) is 3.56. The van der Waals surface area contributed by atoms with E-state index in [1.807, 2.05) is 11.7 Å². The number of aromatic nitrogens is 2. The zero-order valence-electron chi connectivity index (χ0n) is 9.05. The summed E-state index contributed by atoms with van der Waals surface area (Å²) in [5.74, 6) is 0. The molecule has 0 amide bonds. The minimum atomic E-state index is 0.533. The minimum Gasteiger partial charge on any atom is -0.315 e. The molecule has 14 heavy (non-hydrogen) atoms. The summed E-state index contributed by atoms with van der Waals surface area (Å²) in [4.78, 5) is 0. The summed E-state index contributed by atoms with van der Waals surface area (Å²) in [7, 11) is 1.93. The molecule has 0 fully saturated rings. The third kappa shape index (κ3) is 3.00. The highest BCUT2D eigenvalue weighted by Crippen LogP contribution is 2.16. The first-order valence-electron chi connectivity index (χ1n) is 5.05. The molecule has 3 nitrogen and oxygen atoms in total. The van der Waals surface area contributed by atoms with Crippen molar-refractivity contribution in [2.24, 2.45) is 7.05 Å². The predicted octanol–water partition coefficient (Wildman–Crippen LogP) is 2.00. The van der Waals surface area contributed by atoms with Crippen LogP contribution in [0.1, 0.15) is 26.0 Å². The third-order valence-electron chi connectivity index (χ3n) is 2.38. The zero-order chi connectivity index (χ0) is 10.6. The van der Waals surface area contributed by atoms with Gasteiger partial charge in [0.1, 0.15) is 0 Å². The van der Waals surface area contributed by atoms with Gasteiger partial charge >= 0.3 is 0 Å². The van der Waals surface area contributed by atoms with Crippen LogP contribution in [-0.2, 0) is 13.5 Å². The van der Waals surface area contributed by atoms with E-state index >= 15 is 0 Å². The van der Waals surface area contributed by atoms with Gasteiger partial charge in [0.2, 0.25) is 0 Å². The van der Waals surface area contributed by atoms with Gasteiger partial charge in [0.05, 0.1) is 16.9 Å². The van der Waals surface area contributed by atoms with E-state index < -0.39 is 0 Å². The Morgan fingerprint density at radius 2 is 2.36 bits per heavy atom. The van der Waals surface area contributed by atoms with Crippen LogP contribution in [0.4, 0.5) is 0 Å². The molecule has 80 valence electrons. The van der Waals surface area contributed by atoms with Gasteiger partial charge in [0, 0.05) is 13.1 Å². The van der Waals surface area contributed by atoms with Crippen LogP contribution in [-0.4, -0.2) is 22.4 Å². The Labute approximate surface area is 90.4 Å². The maximum absolute atomic E-state index is 6.00. The van der Waals surface area contributed by atoms with Crippen molar-refractivity contribution in [3.05, 3.63) is 16.9 Å². The van der Waals surface area contributed by atoms with Crippen LogP contribution in [0.2, 0.25) is 5.02 Å². The van der Waals surface area contributed by atoms with Crippen molar-refractivity contribution in [2.45, 2.75) is 32.7 Å². The van der Waals surface area contributed by atoms with Crippen molar-refractivity contribution in [3.63, 3.8) is 0 Å². The molecular formula is C10H18ClN3. The first-order valence-corrected chi connectivity index (χ1v) is 5.42. The molecule has 1 heterocycles. The normalized spacial score (nSPS) is 13.1. The van der Waals surface area contributed by atoms with Gasteiger partial charge in [0.15, 0.2) is 0 Å². The highest BCUT2D eigenvalue weighted by Gasteiger charge is 2.07. The van der Waals surface area contributed by atoms with Crippen molar-refractivity contribution in [2.75, 3.05) is 6.54 Å². The van der Waals surface area contributed by atoms with E-state index in [0.29, 0.717) is 6.04 Å². The maximum atomic E-state index is 6.00. The van der Waals surface area contributed by atoms with Crippen molar-refractivity contribution < 1.29 is 0 Å². The van der Waals surface area contributed by atoms with E-state index in [0.717, 1.165) is 30.1 Å². The maximum Gasteiger partial charge on any atom is 0.0817 e. The average Bonchev–Trinajstić information content (AvgIpc) is 2.44. The molecule has 0 saturated carbocycles. The summed E-state index contributed by atoms with van der Waals surface area (Å²) in [5.41, 5.74) is 1.12. The molecule has 1 aromatic rings. The fourth-order valence-corrected chi connectivity index (χ4v) is 1.78. The average molecular weight is 216 g/mol. The fourth-order valence-electron chi connectivity index (χ4n) is 1.52. The summed E-state index contributed by atoms with van der Waals surface area (Å²) in [5, 5.41) is 8.25. The van der Waals surface area contributed by atoms with Gasteiger partial charge in [-0.15, -0.1) is 0 Å². The van der Waals surface area contributed by atoms with E-state index in [1.165, 1.54) is 0 Å². The van der Waals surface area contributed by atoms with Gasteiger partial charge in [-0.3, -0.25) is 4.68 Å². The van der Waals surface area contributed by atoms with Gasteiger partial charge in [-0.2, -0.15) is 5.10 Å². The van der Waals surface area contributed by atoms with E-state index in [1.54, 1.807) is 6.20 Å². The molecule has 0 radical (unpaired) electrons. The van der Waals surface area contributed by atoms with E-state index in [4.69, 9.17) is 11.6 Å². The van der Waals surface area contributed by atoms with Crippen LogP contribution in [0.5, 0.6) is 0 Å². The summed E-state index contributed by atoms with van der Waals surface area (Å²) < 4.78 is 1.85. The van der Waals surface area contributed by atoms with Gasteiger partial charge in [0.25, 0.3) is 0 Å². The Morgan fingerprint density at radius 1 is 1.64 bits per heavy atom. The molecule has 0 aliphatic rings. The molecule has 0 bridgehead atoms. The van der Waals surface area contributed by atoms with E-state index in [9.17, 15) is 0 Å². The highest BCUT2D eigenvalue weighted by molar-refractivity contribution is 6.31. The molecule has 1 atom stereocenters. The topological polar surface area (TPSA) is 29.9 Å². The number of nitrogens with zero attached hydrogens (tertiary/aromatic N) is 2. The largest absolute Gasteiger partial charge is 0.315 e. The van der Waals surface area contributed by atoms with E-state index in [-0.39, 0.29) is 0 Å². The summed E-state index contributed by atoms with van der Waals surface area (Å²) in [6, 6.07) is 0.533. The molecule has 1 N–H and O–H groups in total. The van der Waals surface area contributed by atoms with Gasteiger partial charge in [-0.25, -0.2) is 0 Å². The quantitative estimate of drug-likeness (QED) is 0.815. The fraction of sp³-hybridized carbons (Fsp3) is 0.700. The Hall–Kier alpha value is -0.540. The van der Waals surface area contributed by atoms with Crippen LogP contribution in [0, 0.1) is 0 Å². The van der Waals surface area contributed by atoms with Gasteiger partial charge in [-0.05, 0) is 26.3 Å². The molecule has 1 unspecified atom stereocenters. The van der Waals surface area contributed by atoms with Crippen LogP contribution < -0.4 is 5.32 Å². The second-order valence-corrected chi connectivity index (χ2v) is 3.97. The molecule has 0 saturated heterocycles. The van der Waals surface area contributed by atoms with Crippen LogP contribution in [0.25, 0.3) is 0 Å². The predicted molar refractivity (Wildman–Crippen MR) is 59.7 cm³/mol. The standard InChI is InChI=1S/C10H18ClN3/c1-4-12-8(2)5-6-10-9(11)7-13-14(10)3/h7-8,12H,4-6H2,1-3H3. The second kappa shape index (κ2) is 5.37. The number of aryl methyl sites for hydroxylation is 1. The number of hydrogen-bond acceptors (Lipinski definition) is 2. The smallest absolute Gasteiger partial charge is 0.0817 e. The Balaban J connectivity index is 2.45. The van der Waals surface area contributed by atoms with Crippen molar-refractivity contribution in [3.8, 4) is 0 Å². The van der Waals surface area contributed by atoms with Crippen LogP contribution in [0.15, 0.2) is 6.20 Å². The summed E-state index contributed by atoms with van der Waals surface area (Å²) in [6.07, 6.45) is 3.77. The molecular weight excluding hydrogens is 198 g/mol. The molecule has 0 aromatic carbocycles. The Bertz CT molecular complexity index is 263. The number of rotatable bonds is 5.